The molecule has 2 aromatic rings. The van der Waals surface area contributed by atoms with E-state index in [1.807, 2.05) is 41.8 Å². The van der Waals surface area contributed by atoms with Crippen molar-refractivity contribution >= 4 is 29.2 Å². The van der Waals surface area contributed by atoms with Crippen LogP contribution in [0.5, 0.6) is 0 Å². The van der Waals surface area contributed by atoms with E-state index in [1.54, 1.807) is 0 Å². The Labute approximate surface area is 169 Å². The summed E-state index contributed by atoms with van der Waals surface area (Å²) in [6, 6.07) is 10.0. The van der Waals surface area contributed by atoms with E-state index >= 15 is 0 Å². The molecule has 1 fully saturated rings. The molecule has 1 saturated heterocycles. The Kier molecular flexibility index (Phi) is 6.47. The molecule has 0 amide bonds. The van der Waals surface area contributed by atoms with Crippen LogP contribution in [0.3, 0.4) is 0 Å². The largest absolute Gasteiger partial charge is 0.341 e. The summed E-state index contributed by atoms with van der Waals surface area (Å²) < 4.78 is 1.99. The van der Waals surface area contributed by atoms with Crippen molar-refractivity contribution in [3.8, 4) is 11.8 Å². The number of rotatable bonds is 7. The Morgan fingerprint density at radius 2 is 1.93 bits per heavy atom. The SMILES string of the molecule is CC(=N)[C@@H](C#N)C(=O)CSc1nnc(N2CCCCC2)n1-c1ccc(C)cc1. The number of ketones is 1. The quantitative estimate of drug-likeness (QED) is 0.569. The van der Waals surface area contributed by atoms with Crippen LogP contribution in [0, 0.1) is 29.6 Å². The van der Waals surface area contributed by atoms with E-state index in [2.05, 4.69) is 15.1 Å². The Morgan fingerprint density at radius 3 is 2.54 bits per heavy atom. The number of benzene rings is 1. The maximum Gasteiger partial charge on any atom is 0.232 e. The normalized spacial score (nSPS) is 15.1. The van der Waals surface area contributed by atoms with Gasteiger partial charge in [-0.3, -0.25) is 9.36 Å². The second-order valence-corrected chi connectivity index (χ2v) is 7.94. The number of thioether (sulfide) groups is 1. The van der Waals surface area contributed by atoms with Gasteiger partial charge in [-0.25, -0.2) is 0 Å². The number of nitriles is 1. The molecule has 1 aliphatic rings. The van der Waals surface area contributed by atoms with E-state index < -0.39 is 5.92 Å². The fraction of sp³-hybridized carbons (Fsp3) is 0.450. The van der Waals surface area contributed by atoms with E-state index in [1.165, 1.54) is 30.7 Å². The van der Waals surface area contributed by atoms with Gasteiger partial charge in [-0.2, -0.15) is 5.26 Å². The van der Waals surface area contributed by atoms with E-state index in [0.717, 1.165) is 37.6 Å². The highest BCUT2D eigenvalue weighted by Crippen LogP contribution is 2.29. The molecule has 0 unspecified atom stereocenters. The predicted octanol–water partition coefficient (Wildman–Crippen LogP) is 3.41. The van der Waals surface area contributed by atoms with Crippen molar-refractivity contribution in [2.45, 2.75) is 38.3 Å². The molecule has 0 radical (unpaired) electrons. The lowest BCUT2D eigenvalue weighted by Gasteiger charge is -2.27. The number of nitrogens with zero attached hydrogens (tertiary/aromatic N) is 5. The zero-order valence-electron chi connectivity index (χ0n) is 16.2. The number of nitrogens with one attached hydrogen (secondary N) is 1. The standard InChI is InChI=1S/C20H24N6OS/c1-14-6-8-16(9-7-14)26-19(25-10-4-3-5-11-25)23-24-20(26)28-13-18(27)17(12-21)15(2)22/h6-9,17,22H,3-5,10-11,13H2,1-2H3/t17-/m1/s1. The van der Waals surface area contributed by atoms with Gasteiger partial charge in [0.15, 0.2) is 10.9 Å². The summed E-state index contributed by atoms with van der Waals surface area (Å²) in [4.78, 5) is 14.6. The monoisotopic (exact) mass is 396 g/mol. The Morgan fingerprint density at radius 1 is 1.25 bits per heavy atom. The van der Waals surface area contributed by atoms with Crippen LogP contribution in [0.15, 0.2) is 29.4 Å². The van der Waals surface area contributed by atoms with Crippen molar-refractivity contribution in [2.24, 2.45) is 5.92 Å². The van der Waals surface area contributed by atoms with E-state index in [-0.39, 0.29) is 17.2 Å². The number of piperidine rings is 1. The highest BCUT2D eigenvalue weighted by molar-refractivity contribution is 7.99. The summed E-state index contributed by atoms with van der Waals surface area (Å²) in [5.41, 5.74) is 2.19. The van der Waals surface area contributed by atoms with Crippen molar-refractivity contribution in [1.82, 2.24) is 14.8 Å². The predicted molar refractivity (Wildman–Crippen MR) is 110 cm³/mol. The second kappa shape index (κ2) is 9.02. The van der Waals surface area contributed by atoms with E-state index in [4.69, 9.17) is 10.7 Å². The average Bonchev–Trinajstić information content (AvgIpc) is 3.12. The van der Waals surface area contributed by atoms with Crippen LogP contribution >= 0.6 is 11.8 Å². The summed E-state index contributed by atoms with van der Waals surface area (Å²) >= 11 is 1.27. The van der Waals surface area contributed by atoms with Crippen LogP contribution in [0.2, 0.25) is 0 Å². The number of aryl methyl sites for hydroxylation is 1. The molecule has 3 rings (SSSR count). The number of aromatic nitrogens is 3. The number of carbonyl (C=O) groups excluding carboxylic acids is 1. The highest BCUT2D eigenvalue weighted by atomic mass is 32.2. The first kappa shape index (κ1) is 20.1. The summed E-state index contributed by atoms with van der Waals surface area (Å²) in [7, 11) is 0. The number of hydrogen-bond acceptors (Lipinski definition) is 7. The molecule has 1 aromatic carbocycles. The lowest BCUT2D eigenvalue weighted by atomic mass is 10.0. The van der Waals surface area contributed by atoms with Crippen molar-refractivity contribution < 1.29 is 4.79 Å². The fourth-order valence-corrected chi connectivity index (χ4v) is 4.06. The zero-order chi connectivity index (χ0) is 20.1. The van der Waals surface area contributed by atoms with Crippen molar-refractivity contribution in [1.29, 1.82) is 10.7 Å². The Hall–Kier alpha value is -2.66. The van der Waals surface area contributed by atoms with Gasteiger partial charge in [0.05, 0.1) is 17.5 Å². The number of Topliss-reactive ketones (excluding diaryl/α,β-unsaturated/α-hetero) is 1. The first-order chi connectivity index (χ1) is 13.5. The van der Waals surface area contributed by atoms with Crippen LogP contribution in [0.1, 0.15) is 31.7 Å². The zero-order valence-corrected chi connectivity index (χ0v) is 17.0. The van der Waals surface area contributed by atoms with Gasteiger partial charge in [0.1, 0.15) is 5.92 Å². The molecule has 1 aliphatic heterocycles. The summed E-state index contributed by atoms with van der Waals surface area (Å²) in [5, 5.41) is 26.1. The minimum atomic E-state index is -0.996. The molecule has 28 heavy (non-hydrogen) atoms. The smallest absolute Gasteiger partial charge is 0.232 e. The molecule has 1 N–H and O–H groups in total. The summed E-state index contributed by atoms with van der Waals surface area (Å²) in [6.07, 6.45) is 3.48. The summed E-state index contributed by atoms with van der Waals surface area (Å²) in [5.74, 6) is -0.403. The highest BCUT2D eigenvalue weighted by Gasteiger charge is 2.24. The molecule has 146 valence electrons. The molecule has 0 spiro atoms. The molecule has 0 saturated carbocycles. The van der Waals surface area contributed by atoms with Crippen molar-refractivity contribution in [3.05, 3.63) is 29.8 Å². The molecule has 2 heterocycles. The topological polar surface area (TPSA) is 98.7 Å². The van der Waals surface area contributed by atoms with Gasteiger partial charge in [0.2, 0.25) is 5.95 Å². The van der Waals surface area contributed by atoms with Crippen LogP contribution in [0.4, 0.5) is 5.95 Å². The molecule has 0 bridgehead atoms. The molecule has 1 atom stereocenters. The van der Waals surface area contributed by atoms with Crippen LogP contribution in [0.25, 0.3) is 5.69 Å². The summed E-state index contributed by atoms with van der Waals surface area (Å²) in [6.45, 7) is 5.41. The van der Waals surface area contributed by atoms with Crippen LogP contribution in [-0.2, 0) is 4.79 Å². The third kappa shape index (κ3) is 4.42. The van der Waals surface area contributed by atoms with Gasteiger partial charge in [-0.05, 0) is 45.2 Å². The van der Waals surface area contributed by atoms with E-state index in [0.29, 0.717) is 5.16 Å². The first-order valence-electron chi connectivity index (χ1n) is 9.39. The van der Waals surface area contributed by atoms with E-state index in [9.17, 15) is 4.79 Å². The van der Waals surface area contributed by atoms with Gasteiger partial charge in [0, 0.05) is 18.8 Å². The lowest BCUT2D eigenvalue weighted by molar-refractivity contribution is -0.117. The maximum absolute atomic E-state index is 12.3. The molecular formula is C20H24N6OS. The third-order valence-corrected chi connectivity index (χ3v) is 5.73. The molecule has 8 heteroatoms. The lowest BCUT2D eigenvalue weighted by Crippen LogP contribution is -2.31. The maximum atomic E-state index is 12.3. The first-order valence-corrected chi connectivity index (χ1v) is 10.4. The Bertz CT molecular complexity index is 892. The van der Waals surface area contributed by atoms with Gasteiger partial charge >= 0.3 is 0 Å². The number of anilines is 1. The van der Waals surface area contributed by atoms with Crippen LogP contribution < -0.4 is 4.90 Å². The molecule has 7 nitrogen and oxygen atoms in total. The van der Waals surface area contributed by atoms with Gasteiger partial charge < -0.3 is 10.3 Å². The number of hydrogen-bond donors (Lipinski definition) is 1. The molecule has 1 aromatic heterocycles. The Balaban J connectivity index is 1.89. The second-order valence-electron chi connectivity index (χ2n) is 7.00. The average molecular weight is 397 g/mol. The minimum Gasteiger partial charge on any atom is -0.341 e. The number of carbonyl (C=O) groups is 1. The van der Waals surface area contributed by atoms with Gasteiger partial charge in [-0.15, -0.1) is 10.2 Å². The fourth-order valence-electron chi connectivity index (χ4n) is 3.20. The molecule has 0 aliphatic carbocycles. The van der Waals surface area contributed by atoms with Gasteiger partial charge in [0.25, 0.3) is 0 Å². The molecular weight excluding hydrogens is 372 g/mol. The van der Waals surface area contributed by atoms with Crippen molar-refractivity contribution in [3.63, 3.8) is 0 Å². The van der Waals surface area contributed by atoms with Crippen molar-refractivity contribution in [2.75, 3.05) is 23.7 Å². The van der Waals surface area contributed by atoms with Crippen LogP contribution in [-0.4, -0.2) is 45.1 Å². The van der Waals surface area contributed by atoms with Gasteiger partial charge in [-0.1, -0.05) is 29.5 Å². The third-order valence-electron chi connectivity index (χ3n) is 4.77. The minimum absolute atomic E-state index is 0.0714.